The van der Waals surface area contributed by atoms with Crippen LogP contribution in [0.3, 0.4) is 0 Å². The fraction of sp³-hybridized carbons (Fsp3) is 0.647. The van der Waals surface area contributed by atoms with Gasteiger partial charge in [-0.15, -0.1) is 0 Å². The topological polar surface area (TPSA) is 49.7 Å². The molecule has 1 aliphatic rings. The minimum Gasteiger partial charge on any atom is -0.493 e. The molecule has 3 nitrogen and oxygen atoms in total. The number of rotatable bonds is 6. The lowest BCUT2D eigenvalue weighted by Crippen LogP contribution is -2.22. The summed E-state index contributed by atoms with van der Waals surface area (Å²) in [6.07, 6.45) is 5.11. The van der Waals surface area contributed by atoms with Crippen molar-refractivity contribution in [2.24, 2.45) is 5.92 Å². The fourth-order valence-corrected chi connectivity index (χ4v) is 2.78. The molecule has 0 aromatic heterocycles. The van der Waals surface area contributed by atoms with Crippen LogP contribution >= 0.6 is 0 Å². The zero-order chi connectivity index (χ0) is 14.4. The smallest absolute Gasteiger partial charge is 0.119 e. The summed E-state index contributed by atoms with van der Waals surface area (Å²) in [5.41, 5.74) is 0.934. The lowest BCUT2D eigenvalue weighted by Gasteiger charge is -2.25. The van der Waals surface area contributed by atoms with E-state index in [-0.39, 0.29) is 6.10 Å². The number of hydrogen-bond donors (Lipinski definition) is 2. The standard InChI is InChI=1S/C17H26O3/c1-2-4-17(19)14-5-3-6-16(11-14)20-12-13-7-9-15(18)10-8-13/h3,5-6,11,13,15,17-19H,2,4,7-10,12H2,1H3/t13-,15+,17-/m1/s1. The van der Waals surface area contributed by atoms with Crippen LogP contribution in [-0.4, -0.2) is 22.9 Å². The van der Waals surface area contributed by atoms with E-state index in [2.05, 4.69) is 6.92 Å². The summed E-state index contributed by atoms with van der Waals surface area (Å²) in [5, 5.41) is 19.5. The molecule has 0 aliphatic heterocycles. The maximum absolute atomic E-state index is 10.0. The van der Waals surface area contributed by atoms with E-state index in [4.69, 9.17) is 4.74 Å². The van der Waals surface area contributed by atoms with Crippen molar-refractivity contribution in [3.8, 4) is 5.75 Å². The van der Waals surface area contributed by atoms with Crippen molar-refractivity contribution >= 4 is 0 Å². The highest BCUT2D eigenvalue weighted by molar-refractivity contribution is 5.29. The number of aliphatic hydroxyl groups excluding tert-OH is 2. The first kappa shape index (κ1) is 15.3. The molecule has 1 aromatic carbocycles. The normalized spacial score (nSPS) is 24.4. The van der Waals surface area contributed by atoms with Crippen molar-refractivity contribution in [3.05, 3.63) is 29.8 Å². The number of aliphatic hydroxyl groups is 2. The van der Waals surface area contributed by atoms with Crippen LogP contribution in [0, 0.1) is 5.92 Å². The summed E-state index contributed by atoms with van der Waals surface area (Å²) in [6, 6.07) is 7.77. The molecule has 2 rings (SSSR count). The largest absolute Gasteiger partial charge is 0.493 e. The quantitative estimate of drug-likeness (QED) is 0.838. The Balaban J connectivity index is 1.85. The second-order valence-corrected chi connectivity index (χ2v) is 5.86. The van der Waals surface area contributed by atoms with E-state index in [1.807, 2.05) is 24.3 Å². The summed E-state index contributed by atoms with van der Waals surface area (Å²) in [5.74, 6) is 1.38. The van der Waals surface area contributed by atoms with Gasteiger partial charge in [0, 0.05) is 0 Å². The number of benzene rings is 1. The van der Waals surface area contributed by atoms with Crippen LogP contribution in [0.4, 0.5) is 0 Å². The SMILES string of the molecule is CCC[C@@H](O)c1cccc(OC[C@H]2CC[C@@H](O)CC2)c1. The summed E-state index contributed by atoms with van der Waals surface area (Å²) < 4.78 is 5.86. The first-order chi connectivity index (χ1) is 9.69. The van der Waals surface area contributed by atoms with Gasteiger partial charge >= 0.3 is 0 Å². The van der Waals surface area contributed by atoms with E-state index in [0.29, 0.717) is 12.5 Å². The van der Waals surface area contributed by atoms with Gasteiger partial charge in [0.15, 0.2) is 0 Å². The third kappa shape index (κ3) is 4.50. The van der Waals surface area contributed by atoms with E-state index in [0.717, 1.165) is 49.8 Å². The van der Waals surface area contributed by atoms with E-state index in [1.165, 1.54) is 0 Å². The predicted octanol–water partition coefficient (Wildman–Crippen LogP) is 3.45. The van der Waals surface area contributed by atoms with E-state index < -0.39 is 6.10 Å². The zero-order valence-electron chi connectivity index (χ0n) is 12.3. The summed E-state index contributed by atoms with van der Waals surface area (Å²) in [4.78, 5) is 0. The highest BCUT2D eigenvalue weighted by Crippen LogP contribution is 2.26. The van der Waals surface area contributed by atoms with Gasteiger partial charge in [0.05, 0.1) is 18.8 Å². The van der Waals surface area contributed by atoms with Crippen molar-refractivity contribution in [1.29, 1.82) is 0 Å². The fourth-order valence-electron chi connectivity index (χ4n) is 2.78. The van der Waals surface area contributed by atoms with Crippen LogP contribution in [0.1, 0.15) is 57.1 Å². The van der Waals surface area contributed by atoms with Crippen molar-refractivity contribution in [1.82, 2.24) is 0 Å². The Morgan fingerprint density at radius 2 is 2.00 bits per heavy atom. The molecule has 20 heavy (non-hydrogen) atoms. The Kier molecular flexibility index (Phi) is 5.86. The second-order valence-electron chi connectivity index (χ2n) is 5.86. The van der Waals surface area contributed by atoms with Gasteiger partial charge in [-0.1, -0.05) is 25.5 Å². The van der Waals surface area contributed by atoms with Crippen LogP contribution in [0.15, 0.2) is 24.3 Å². The maximum atomic E-state index is 10.0. The molecule has 0 bridgehead atoms. The molecule has 1 aromatic rings. The molecule has 1 atom stereocenters. The second kappa shape index (κ2) is 7.65. The third-order valence-electron chi connectivity index (χ3n) is 4.11. The molecule has 1 saturated carbocycles. The highest BCUT2D eigenvalue weighted by Gasteiger charge is 2.19. The lowest BCUT2D eigenvalue weighted by molar-refractivity contribution is 0.0916. The van der Waals surface area contributed by atoms with E-state index >= 15 is 0 Å². The lowest BCUT2D eigenvalue weighted by atomic mass is 9.88. The van der Waals surface area contributed by atoms with Gasteiger partial charge in [-0.2, -0.15) is 0 Å². The Labute approximate surface area is 121 Å². The predicted molar refractivity (Wildman–Crippen MR) is 79.8 cm³/mol. The number of hydrogen-bond acceptors (Lipinski definition) is 3. The molecule has 1 fully saturated rings. The molecule has 3 heteroatoms. The number of ether oxygens (including phenoxy) is 1. The maximum Gasteiger partial charge on any atom is 0.119 e. The Bertz CT molecular complexity index is 397. The molecule has 0 heterocycles. The van der Waals surface area contributed by atoms with Gasteiger partial charge in [-0.05, 0) is 55.7 Å². The molecule has 0 unspecified atom stereocenters. The van der Waals surface area contributed by atoms with E-state index in [1.54, 1.807) is 0 Å². The van der Waals surface area contributed by atoms with Gasteiger partial charge in [0.25, 0.3) is 0 Å². The molecule has 0 radical (unpaired) electrons. The molecule has 112 valence electrons. The van der Waals surface area contributed by atoms with Gasteiger partial charge in [0.1, 0.15) is 5.75 Å². The van der Waals surface area contributed by atoms with Crippen LogP contribution in [0.2, 0.25) is 0 Å². The van der Waals surface area contributed by atoms with Gasteiger partial charge in [-0.25, -0.2) is 0 Å². The monoisotopic (exact) mass is 278 g/mol. The van der Waals surface area contributed by atoms with Crippen LogP contribution in [0.5, 0.6) is 5.75 Å². The summed E-state index contributed by atoms with van der Waals surface area (Å²) >= 11 is 0. The first-order valence-corrected chi connectivity index (χ1v) is 7.78. The van der Waals surface area contributed by atoms with Gasteiger partial charge in [-0.3, -0.25) is 0 Å². The minimum absolute atomic E-state index is 0.112. The summed E-state index contributed by atoms with van der Waals surface area (Å²) in [7, 11) is 0. The van der Waals surface area contributed by atoms with Crippen LogP contribution in [0.25, 0.3) is 0 Å². The molecular formula is C17H26O3. The average molecular weight is 278 g/mol. The molecule has 1 aliphatic carbocycles. The first-order valence-electron chi connectivity index (χ1n) is 7.78. The molecule has 0 amide bonds. The van der Waals surface area contributed by atoms with Crippen LogP contribution in [-0.2, 0) is 0 Å². The zero-order valence-corrected chi connectivity index (χ0v) is 12.3. The highest BCUT2D eigenvalue weighted by atomic mass is 16.5. The Morgan fingerprint density at radius 1 is 1.25 bits per heavy atom. The van der Waals surface area contributed by atoms with Gasteiger partial charge in [0.2, 0.25) is 0 Å². The van der Waals surface area contributed by atoms with E-state index in [9.17, 15) is 10.2 Å². The third-order valence-corrected chi connectivity index (χ3v) is 4.11. The van der Waals surface area contributed by atoms with Crippen molar-refractivity contribution in [2.75, 3.05) is 6.61 Å². The van der Waals surface area contributed by atoms with Crippen molar-refractivity contribution < 1.29 is 14.9 Å². The molecule has 0 saturated heterocycles. The van der Waals surface area contributed by atoms with Crippen LogP contribution < -0.4 is 4.74 Å². The van der Waals surface area contributed by atoms with Crippen molar-refractivity contribution in [3.63, 3.8) is 0 Å². The molecule has 2 N–H and O–H groups in total. The minimum atomic E-state index is -0.395. The van der Waals surface area contributed by atoms with Gasteiger partial charge < -0.3 is 14.9 Å². The Hall–Kier alpha value is -1.06. The molecule has 0 spiro atoms. The average Bonchev–Trinajstić information content (AvgIpc) is 2.47. The molecular weight excluding hydrogens is 252 g/mol. The summed E-state index contributed by atoms with van der Waals surface area (Å²) in [6.45, 7) is 2.78. The Morgan fingerprint density at radius 3 is 2.70 bits per heavy atom. The van der Waals surface area contributed by atoms with Crippen molar-refractivity contribution in [2.45, 2.75) is 57.7 Å².